The Labute approximate surface area is 124 Å². The SMILES string of the molecule is CN1CCC(N(C)C(=O)Cc2ccc([N+](=O)[O-])cc2)CC1. The highest BCUT2D eigenvalue weighted by molar-refractivity contribution is 5.78. The average molecular weight is 291 g/mol. The van der Waals surface area contributed by atoms with Crippen LogP contribution in [0.5, 0.6) is 0 Å². The third-order valence-electron chi connectivity index (χ3n) is 4.13. The number of nitrogens with zero attached hydrogens (tertiary/aromatic N) is 3. The first-order valence-corrected chi connectivity index (χ1v) is 7.15. The van der Waals surface area contributed by atoms with Crippen molar-refractivity contribution >= 4 is 11.6 Å². The van der Waals surface area contributed by atoms with Gasteiger partial charge in [0.15, 0.2) is 0 Å². The van der Waals surface area contributed by atoms with E-state index in [1.165, 1.54) is 12.1 Å². The van der Waals surface area contributed by atoms with Gasteiger partial charge >= 0.3 is 0 Å². The third-order valence-corrected chi connectivity index (χ3v) is 4.13. The van der Waals surface area contributed by atoms with Crippen LogP contribution in [0.15, 0.2) is 24.3 Å². The number of non-ortho nitro benzene ring substituents is 1. The highest BCUT2D eigenvalue weighted by Crippen LogP contribution is 2.17. The number of hydrogen-bond acceptors (Lipinski definition) is 4. The molecule has 114 valence electrons. The van der Waals surface area contributed by atoms with Crippen molar-refractivity contribution < 1.29 is 9.72 Å². The Morgan fingerprint density at radius 3 is 2.43 bits per heavy atom. The summed E-state index contributed by atoms with van der Waals surface area (Å²) in [6, 6.07) is 6.49. The summed E-state index contributed by atoms with van der Waals surface area (Å²) in [4.78, 5) is 26.6. The Balaban J connectivity index is 1.92. The van der Waals surface area contributed by atoms with Crippen molar-refractivity contribution in [3.63, 3.8) is 0 Å². The number of rotatable bonds is 4. The monoisotopic (exact) mass is 291 g/mol. The molecule has 6 nitrogen and oxygen atoms in total. The molecule has 1 amide bonds. The lowest BCUT2D eigenvalue weighted by atomic mass is 10.0. The van der Waals surface area contributed by atoms with Gasteiger partial charge in [0.2, 0.25) is 5.91 Å². The van der Waals surface area contributed by atoms with E-state index in [0.717, 1.165) is 31.5 Å². The fourth-order valence-electron chi connectivity index (χ4n) is 2.62. The van der Waals surface area contributed by atoms with Crippen LogP contribution < -0.4 is 0 Å². The number of nitro benzene ring substituents is 1. The van der Waals surface area contributed by atoms with Gasteiger partial charge in [0.05, 0.1) is 11.3 Å². The summed E-state index contributed by atoms with van der Waals surface area (Å²) in [5.74, 6) is 0.0680. The van der Waals surface area contributed by atoms with Gasteiger partial charge in [-0.2, -0.15) is 0 Å². The normalized spacial score (nSPS) is 16.7. The number of carbonyl (C=O) groups is 1. The van der Waals surface area contributed by atoms with Gasteiger partial charge in [-0.1, -0.05) is 12.1 Å². The summed E-state index contributed by atoms with van der Waals surface area (Å²) in [5.41, 5.74) is 0.861. The van der Waals surface area contributed by atoms with Crippen LogP contribution in [0.4, 0.5) is 5.69 Å². The molecule has 1 aliphatic rings. The first-order valence-electron chi connectivity index (χ1n) is 7.15. The molecule has 1 fully saturated rings. The van der Waals surface area contributed by atoms with Gasteiger partial charge in [-0.15, -0.1) is 0 Å². The number of amides is 1. The highest BCUT2D eigenvalue weighted by atomic mass is 16.6. The molecule has 1 heterocycles. The number of likely N-dealkylation sites (N-methyl/N-ethyl adjacent to an activating group) is 1. The third kappa shape index (κ3) is 4.01. The summed E-state index contributed by atoms with van der Waals surface area (Å²) < 4.78 is 0. The van der Waals surface area contributed by atoms with Crippen molar-refractivity contribution in [3.8, 4) is 0 Å². The predicted molar refractivity (Wildman–Crippen MR) is 80.1 cm³/mol. The fraction of sp³-hybridized carbons (Fsp3) is 0.533. The minimum Gasteiger partial charge on any atom is -0.342 e. The number of carbonyl (C=O) groups excluding carboxylic acids is 1. The molecular formula is C15H21N3O3. The molecule has 0 N–H and O–H groups in total. The molecule has 0 unspecified atom stereocenters. The van der Waals surface area contributed by atoms with E-state index in [-0.39, 0.29) is 11.6 Å². The lowest BCUT2D eigenvalue weighted by Gasteiger charge is -2.35. The molecule has 21 heavy (non-hydrogen) atoms. The maximum atomic E-state index is 12.3. The van der Waals surface area contributed by atoms with E-state index < -0.39 is 4.92 Å². The van der Waals surface area contributed by atoms with Crippen LogP contribution in [0.1, 0.15) is 18.4 Å². The molecule has 0 aliphatic carbocycles. The van der Waals surface area contributed by atoms with E-state index in [2.05, 4.69) is 11.9 Å². The van der Waals surface area contributed by atoms with Gasteiger partial charge in [0, 0.05) is 25.2 Å². The quantitative estimate of drug-likeness (QED) is 0.625. The van der Waals surface area contributed by atoms with Gasteiger partial charge in [0.1, 0.15) is 0 Å². The minimum absolute atomic E-state index is 0.0508. The smallest absolute Gasteiger partial charge is 0.269 e. The van der Waals surface area contributed by atoms with E-state index in [0.29, 0.717) is 12.5 Å². The van der Waals surface area contributed by atoms with Crippen molar-refractivity contribution in [1.82, 2.24) is 9.80 Å². The van der Waals surface area contributed by atoms with E-state index in [9.17, 15) is 14.9 Å². The van der Waals surface area contributed by atoms with Crippen molar-refractivity contribution in [2.24, 2.45) is 0 Å². The number of likely N-dealkylation sites (tertiary alicyclic amines) is 1. The molecule has 6 heteroatoms. The van der Waals surface area contributed by atoms with Crippen LogP contribution in [0.25, 0.3) is 0 Å². The molecule has 1 aliphatic heterocycles. The summed E-state index contributed by atoms with van der Waals surface area (Å²) in [6.07, 6.45) is 2.29. The zero-order chi connectivity index (χ0) is 15.4. The first-order chi connectivity index (χ1) is 9.97. The maximum absolute atomic E-state index is 12.3. The molecule has 0 atom stereocenters. The molecule has 2 rings (SSSR count). The molecule has 0 bridgehead atoms. The maximum Gasteiger partial charge on any atom is 0.269 e. The number of nitro groups is 1. The van der Waals surface area contributed by atoms with Gasteiger partial charge in [-0.05, 0) is 38.5 Å². The Kier molecular flexibility index (Phi) is 4.90. The molecular weight excluding hydrogens is 270 g/mol. The van der Waals surface area contributed by atoms with E-state index in [1.807, 2.05) is 11.9 Å². The van der Waals surface area contributed by atoms with Crippen LogP contribution in [-0.4, -0.2) is 53.9 Å². The standard InChI is InChI=1S/C15H21N3O3/c1-16-9-7-13(8-10-16)17(2)15(19)11-12-3-5-14(6-4-12)18(20)21/h3-6,13H,7-11H2,1-2H3. The molecule has 1 aromatic carbocycles. The molecule has 0 radical (unpaired) electrons. The molecule has 0 aromatic heterocycles. The van der Waals surface area contributed by atoms with Crippen LogP contribution >= 0.6 is 0 Å². The van der Waals surface area contributed by atoms with Gasteiger partial charge in [-0.25, -0.2) is 0 Å². The van der Waals surface area contributed by atoms with Crippen molar-refractivity contribution in [3.05, 3.63) is 39.9 Å². The molecule has 0 saturated carbocycles. The van der Waals surface area contributed by atoms with Crippen molar-refractivity contribution in [1.29, 1.82) is 0 Å². The molecule has 1 aromatic rings. The second-order valence-corrected chi connectivity index (χ2v) is 5.64. The van der Waals surface area contributed by atoms with Gasteiger partial charge < -0.3 is 9.80 Å². The molecule has 0 spiro atoms. The van der Waals surface area contributed by atoms with Crippen LogP contribution in [0, 0.1) is 10.1 Å². The minimum atomic E-state index is -0.434. The summed E-state index contributed by atoms with van der Waals surface area (Å²) in [6.45, 7) is 2.03. The zero-order valence-electron chi connectivity index (χ0n) is 12.5. The lowest BCUT2D eigenvalue weighted by molar-refractivity contribution is -0.384. The summed E-state index contributed by atoms with van der Waals surface area (Å²) in [7, 11) is 3.94. The van der Waals surface area contributed by atoms with Crippen LogP contribution in [0.3, 0.4) is 0 Å². The second kappa shape index (κ2) is 6.67. The van der Waals surface area contributed by atoms with Crippen LogP contribution in [-0.2, 0) is 11.2 Å². The van der Waals surface area contributed by atoms with E-state index >= 15 is 0 Å². The van der Waals surface area contributed by atoms with E-state index in [1.54, 1.807) is 12.1 Å². The Bertz CT molecular complexity index is 507. The van der Waals surface area contributed by atoms with E-state index in [4.69, 9.17) is 0 Å². The Morgan fingerprint density at radius 2 is 1.90 bits per heavy atom. The first kappa shape index (κ1) is 15.4. The number of hydrogen-bond donors (Lipinski definition) is 0. The van der Waals surface area contributed by atoms with Gasteiger partial charge in [-0.3, -0.25) is 14.9 Å². The summed E-state index contributed by atoms with van der Waals surface area (Å²) >= 11 is 0. The molecule has 1 saturated heterocycles. The Hall–Kier alpha value is -1.95. The number of piperidine rings is 1. The van der Waals surface area contributed by atoms with Crippen molar-refractivity contribution in [2.75, 3.05) is 27.2 Å². The highest BCUT2D eigenvalue weighted by Gasteiger charge is 2.23. The number of benzene rings is 1. The van der Waals surface area contributed by atoms with Crippen LogP contribution in [0.2, 0.25) is 0 Å². The largest absolute Gasteiger partial charge is 0.342 e. The zero-order valence-corrected chi connectivity index (χ0v) is 12.5. The summed E-state index contributed by atoms with van der Waals surface area (Å²) in [5, 5.41) is 10.6. The second-order valence-electron chi connectivity index (χ2n) is 5.64. The topological polar surface area (TPSA) is 66.7 Å². The fourth-order valence-corrected chi connectivity index (χ4v) is 2.62. The predicted octanol–water partition coefficient (Wildman–Crippen LogP) is 1.69. The average Bonchev–Trinajstić information content (AvgIpc) is 2.47. The lowest BCUT2D eigenvalue weighted by Crippen LogP contribution is -2.44. The van der Waals surface area contributed by atoms with Crippen molar-refractivity contribution in [2.45, 2.75) is 25.3 Å². The van der Waals surface area contributed by atoms with Gasteiger partial charge in [0.25, 0.3) is 5.69 Å². The Morgan fingerprint density at radius 1 is 1.33 bits per heavy atom.